The van der Waals surface area contributed by atoms with Gasteiger partial charge < -0.3 is 47.5 Å². The van der Waals surface area contributed by atoms with Crippen molar-refractivity contribution in [2.24, 2.45) is 0 Å². The van der Waals surface area contributed by atoms with Gasteiger partial charge in [-0.1, -0.05) is 12.1 Å². The number of hydrogen-bond acceptors (Lipinski definition) is 7. The van der Waals surface area contributed by atoms with Crippen LogP contribution in [0.2, 0.25) is 0 Å². The molecule has 0 atom stereocenters. The molecule has 7 heterocycles. The van der Waals surface area contributed by atoms with Crippen LogP contribution in [0.3, 0.4) is 0 Å². The van der Waals surface area contributed by atoms with Crippen LogP contribution < -0.4 is 51.7 Å². The zero-order valence-corrected chi connectivity index (χ0v) is 35.5. The second kappa shape index (κ2) is 13.9. The van der Waals surface area contributed by atoms with Gasteiger partial charge in [0.15, 0.2) is 0 Å². The van der Waals surface area contributed by atoms with Gasteiger partial charge in [-0.05, 0) is 47.8 Å². The van der Waals surface area contributed by atoms with E-state index in [1.807, 2.05) is 109 Å². The number of hydrogen-bond donors (Lipinski definition) is 0. The van der Waals surface area contributed by atoms with Gasteiger partial charge in [0.25, 0.3) is 0 Å². The van der Waals surface area contributed by atoms with Gasteiger partial charge in [-0.3, -0.25) is 14.7 Å². The summed E-state index contributed by atoms with van der Waals surface area (Å²) in [5.74, 6) is 6.01. The van der Waals surface area contributed by atoms with Crippen LogP contribution in [-0.4, -0.2) is 33.0 Å². The topological polar surface area (TPSA) is 72.6 Å². The maximum absolute atomic E-state index is 6.48. The van der Waals surface area contributed by atoms with Crippen molar-refractivity contribution < 1.29 is 61.1 Å². The smallest absolute Gasteiger partial charge is 0.214 e. The van der Waals surface area contributed by atoms with Crippen LogP contribution in [0.1, 0.15) is 0 Å². The van der Waals surface area contributed by atoms with E-state index in [0.717, 1.165) is 112 Å². The van der Waals surface area contributed by atoms with Crippen molar-refractivity contribution in [2.75, 3.05) is 0 Å². The van der Waals surface area contributed by atoms with Crippen molar-refractivity contribution >= 4 is 57.5 Å². The summed E-state index contributed by atoms with van der Waals surface area (Å²) >= 11 is 1.50. The molecule has 0 radical (unpaired) electrons. The maximum atomic E-state index is 6.48. The van der Waals surface area contributed by atoms with Gasteiger partial charge in [0, 0.05) is 101 Å². The number of rotatable bonds is 4. The molecule has 0 saturated heterocycles. The van der Waals surface area contributed by atoms with E-state index >= 15 is 0 Å². The molecule has 4 aliphatic rings. The van der Waals surface area contributed by atoms with Gasteiger partial charge in [0.05, 0.1) is 0 Å². The Hall–Kier alpha value is -5.85. The molecule has 4 aliphatic heterocycles. The van der Waals surface area contributed by atoms with Crippen molar-refractivity contribution in [2.45, 2.75) is 0 Å². The predicted octanol–water partition coefficient (Wildman–Crippen LogP) is 5.70. The Kier molecular flexibility index (Phi) is 8.52. The second-order valence-corrected chi connectivity index (χ2v) is 14.9. The average molecular weight is 1140 g/mol. The Morgan fingerprint density at radius 2 is 0.898 bits per heavy atom. The Morgan fingerprint density at radius 1 is 0.458 bits per heavy atom. The monoisotopic (exact) mass is 1140 g/mol. The van der Waals surface area contributed by atoms with Gasteiger partial charge in [-0.25, -0.2) is 12.1 Å². The Balaban J connectivity index is 0.00000198. The fourth-order valence-corrected chi connectivity index (χ4v) is 9.12. The van der Waals surface area contributed by atoms with E-state index in [4.69, 9.17) is 18.9 Å². The first-order valence-corrected chi connectivity index (χ1v) is 19.2. The molecule has 13 heteroatoms. The molecule has 8 nitrogen and oxygen atoms in total. The number of aromatic nitrogens is 4. The largest absolute Gasteiger partial charge is 0.518 e. The summed E-state index contributed by atoms with van der Waals surface area (Å²) < 4.78 is 29.4. The Morgan fingerprint density at radius 3 is 1.37 bits per heavy atom. The van der Waals surface area contributed by atoms with Crippen LogP contribution in [0, 0.1) is 35.7 Å². The third kappa shape index (κ3) is 5.59. The van der Waals surface area contributed by atoms with E-state index in [2.05, 4.69) is 45.9 Å². The molecule has 0 aliphatic carbocycles. The molecule has 0 saturated carbocycles. The molecule has 0 spiro atoms. The van der Waals surface area contributed by atoms with E-state index < -0.39 is 0 Å². The predicted molar refractivity (Wildman–Crippen MR) is 218 cm³/mol. The van der Waals surface area contributed by atoms with Crippen LogP contribution in [0.5, 0.6) is 46.0 Å². The molecular formula is C46H20B2N4O4Pt2S-6. The fourth-order valence-electron chi connectivity index (χ4n) is 8.37. The first-order chi connectivity index (χ1) is 28.2. The van der Waals surface area contributed by atoms with Gasteiger partial charge in [0.1, 0.15) is 23.0 Å². The quantitative estimate of drug-likeness (QED) is 0.167. The summed E-state index contributed by atoms with van der Waals surface area (Å²) in [6.45, 7) is -0.427. The van der Waals surface area contributed by atoms with Crippen LogP contribution in [0.15, 0.2) is 122 Å². The van der Waals surface area contributed by atoms with Crippen molar-refractivity contribution in [1.82, 2.24) is 19.6 Å². The molecule has 0 unspecified atom stereocenters. The Labute approximate surface area is 372 Å². The van der Waals surface area contributed by atoms with Gasteiger partial charge in [0.2, 0.25) is 13.4 Å². The molecule has 0 N–H and O–H groups in total. The number of fused-ring (bicyclic) bond motifs is 8. The van der Waals surface area contributed by atoms with Gasteiger partial charge in [-0.15, -0.1) is 70.4 Å². The van der Waals surface area contributed by atoms with Crippen molar-refractivity contribution in [3.63, 3.8) is 0 Å². The summed E-state index contributed by atoms with van der Waals surface area (Å²) in [4.78, 5) is 0.900. The summed E-state index contributed by atoms with van der Waals surface area (Å²) in [5.41, 5.74) is 9.73. The third-order valence-electron chi connectivity index (χ3n) is 10.9. The summed E-state index contributed by atoms with van der Waals surface area (Å²) in [7, 11) is 0. The maximum Gasteiger partial charge on any atom is 0.214 e. The number of thiophene rings is 1. The minimum atomic E-state index is -0.216. The molecule has 13 rings (SSSR count). The van der Waals surface area contributed by atoms with Gasteiger partial charge >= 0.3 is 0 Å². The minimum Gasteiger partial charge on any atom is -0.518 e. The van der Waals surface area contributed by atoms with E-state index in [1.165, 1.54) is 11.3 Å². The minimum absolute atomic E-state index is 0. The van der Waals surface area contributed by atoms with Crippen LogP contribution in [0.4, 0.5) is 0 Å². The third-order valence-corrected chi connectivity index (χ3v) is 11.7. The fraction of sp³-hybridized carbons (Fsp3) is 0. The standard InChI is InChI=1S/C46H20B2N4O4S.2Pt/c1-5-40-45-42(7-1)55-38-15-11-30(51-19-3-17-49-51)24-34(38)47(45)32-21-27(9-13-36(32)53-40)29-23-44(57-26-29)28-10-14-37-33(22-28)48-35-25-31(52-20-4-18-50-52)12-16-39(35)56-43-8-2-6-41(54-37)46(43)48;;/h1-20H;;/q-6;;. The molecule has 0 fully saturated rings. The average Bonchev–Trinajstić information content (AvgIpc) is 4.08. The van der Waals surface area contributed by atoms with Crippen LogP contribution in [-0.2, 0) is 42.1 Å². The van der Waals surface area contributed by atoms with Crippen molar-refractivity contribution in [3.05, 3.63) is 158 Å². The molecule has 3 aromatic heterocycles. The van der Waals surface area contributed by atoms with Gasteiger partial charge in [-0.2, -0.15) is 32.8 Å². The first kappa shape index (κ1) is 36.2. The second-order valence-electron chi connectivity index (χ2n) is 14.1. The first-order valence-electron chi connectivity index (χ1n) is 18.4. The molecule has 0 bridgehead atoms. The summed E-state index contributed by atoms with van der Waals surface area (Å²) in [6, 6.07) is 50.0. The van der Waals surface area contributed by atoms with E-state index in [1.54, 1.807) is 21.8 Å². The summed E-state index contributed by atoms with van der Waals surface area (Å²) in [5, 5.41) is 12.4. The normalized spacial score (nSPS) is 12.9. The number of ether oxygens (including phenoxy) is 4. The molecule has 6 aromatic carbocycles. The van der Waals surface area contributed by atoms with E-state index in [9.17, 15) is 0 Å². The van der Waals surface area contributed by atoms with E-state index in [-0.39, 0.29) is 55.6 Å². The molecular weight excluding hydrogens is 1120 g/mol. The molecule has 286 valence electrons. The molecule has 0 amide bonds. The summed E-state index contributed by atoms with van der Waals surface area (Å²) in [6.07, 6.45) is 7.34. The molecule has 9 aromatic rings. The van der Waals surface area contributed by atoms with Crippen molar-refractivity contribution in [3.8, 4) is 78.9 Å². The molecule has 59 heavy (non-hydrogen) atoms. The SMILES string of the molecule is [Pt].[Pt].[c-]1sc(-c2[c-]c3c(cc2)Oc2cccc4c2B3c2[c-]c(-n3cccn3)ccc2O4)[c-]c1-c1[c-]c2c(cc1)Oc1cccc3c1B2c1[c-]c(-n2cccn2)ccc1O3. The number of nitrogens with zero attached hydrogens (tertiary/aromatic N) is 4. The van der Waals surface area contributed by atoms with E-state index in [0.29, 0.717) is 0 Å². The zero-order valence-electron chi connectivity index (χ0n) is 30.2. The Bertz CT molecular complexity index is 2900. The van der Waals surface area contributed by atoms with Crippen LogP contribution in [0.25, 0.3) is 32.9 Å². The van der Waals surface area contributed by atoms with Crippen molar-refractivity contribution in [1.29, 1.82) is 0 Å². The zero-order chi connectivity index (χ0) is 37.2. The number of benzene rings is 6. The van der Waals surface area contributed by atoms with Crippen LogP contribution >= 0.6 is 11.3 Å².